The summed E-state index contributed by atoms with van der Waals surface area (Å²) in [6.07, 6.45) is 1.31. The van der Waals surface area contributed by atoms with Crippen LogP contribution in [-0.4, -0.2) is 89.9 Å². The number of hydrogen-bond acceptors (Lipinski definition) is 10. The average Bonchev–Trinajstić information content (AvgIpc) is 3.08. The molecular formula is C33H38N4O10S. The van der Waals surface area contributed by atoms with Gasteiger partial charge in [-0.2, -0.15) is 0 Å². The van der Waals surface area contributed by atoms with E-state index in [-0.39, 0.29) is 64.0 Å². The standard InChI is InChI=1S/C33H38N4O10S/c1-43-28-18-22-4-10-26(28)46-27-11-5-23(19-29(27)44-2)31(39)34-14-17-45-24-6-8-25(9-7-24)47-33(32(40)35-20-22)12-15-37(16-13-33)30(38)21-36-48(3,41)42/h4-11,18-19,36H,12-17,20-21H2,1-3H3,(H,34,39)(H,35,40). The predicted octanol–water partition coefficient (Wildman–Crippen LogP) is 2.22. The highest BCUT2D eigenvalue weighted by atomic mass is 32.2. The highest BCUT2D eigenvalue weighted by molar-refractivity contribution is 7.88. The van der Waals surface area contributed by atoms with E-state index in [1.165, 1.54) is 19.1 Å². The molecule has 0 aromatic heterocycles. The van der Waals surface area contributed by atoms with Crippen LogP contribution < -0.4 is 39.0 Å². The fraction of sp³-hybridized carbons (Fsp3) is 0.364. The maximum atomic E-state index is 13.9. The lowest BCUT2D eigenvalue weighted by molar-refractivity contribution is -0.146. The molecule has 1 fully saturated rings. The van der Waals surface area contributed by atoms with Crippen molar-refractivity contribution in [3.63, 3.8) is 0 Å². The van der Waals surface area contributed by atoms with Gasteiger partial charge in [0.1, 0.15) is 18.1 Å². The number of nitrogens with zero attached hydrogens (tertiary/aromatic N) is 1. The van der Waals surface area contributed by atoms with E-state index < -0.39 is 21.5 Å². The molecule has 3 amide bonds. The fourth-order valence-corrected chi connectivity index (χ4v) is 5.71. The van der Waals surface area contributed by atoms with Crippen LogP contribution in [-0.2, 0) is 26.2 Å². The molecule has 48 heavy (non-hydrogen) atoms. The molecule has 14 nitrogen and oxygen atoms in total. The van der Waals surface area contributed by atoms with Crippen LogP contribution in [0.3, 0.4) is 0 Å². The number of amides is 3. The number of benzene rings is 3. The third kappa shape index (κ3) is 8.46. The van der Waals surface area contributed by atoms with E-state index in [0.29, 0.717) is 40.1 Å². The second-order valence-corrected chi connectivity index (χ2v) is 13.1. The van der Waals surface area contributed by atoms with Crippen molar-refractivity contribution in [1.29, 1.82) is 0 Å². The summed E-state index contributed by atoms with van der Waals surface area (Å²) in [5, 5.41) is 5.79. The van der Waals surface area contributed by atoms with Crippen LogP contribution in [0.15, 0.2) is 60.7 Å². The van der Waals surface area contributed by atoms with Gasteiger partial charge in [-0.25, -0.2) is 13.1 Å². The Bertz CT molecular complexity index is 1760. The number of carbonyl (C=O) groups excluding carboxylic acids is 3. The Morgan fingerprint density at radius 1 is 0.917 bits per heavy atom. The molecule has 3 N–H and O–H groups in total. The van der Waals surface area contributed by atoms with Gasteiger partial charge in [-0.1, -0.05) is 6.07 Å². The average molecular weight is 683 g/mol. The van der Waals surface area contributed by atoms with E-state index in [9.17, 15) is 22.8 Å². The van der Waals surface area contributed by atoms with E-state index in [2.05, 4.69) is 15.4 Å². The molecule has 15 heteroatoms. The van der Waals surface area contributed by atoms with Crippen LogP contribution in [0.1, 0.15) is 28.8 Å². The molecule has 0 saturated carbocycles. The number of ether oxygens (including phenoxy) is 5. The summed E-state index contributed by atoms with van der Waals surface area (Å²) in [4.78, 5) is 40.9. The molecule has 1 saturated heterocycles. The van der Waals surface area contributed by atoms with Gasteiger partial charge in [0.15, 0.2) is 28.6 Å². The van der Waals surface area contributed by atoms with Crippen molar-refractivity contribution in [3.8, 4) is 34.5 Å². The Balaban J connectivity index is 1.40. The van der Waals surface area contributed by atoms with E-state index in [1.807, 2.05) is 0 Å². The van der Waals surface area contributed by atoms with Gasteiger partial charge in [-0.15, -0.1) is 0 Å². The zero-order chi connectivity index (χ0) is 34.3. The Morgan fingerprint density at radius 3 is 2.23 bits per heavy atom. The molecule has 3 aromatic rings. The molecule has 0 unspecified atom stereocenters. The minimum atomic E-state index is -3.54. The van der Waals surface area contributed by atoms with Crippen molar-refractivity contribution < 1.29 is 46.5 Å². The number of methoxy groups -OCH3 is 2. The van der Waals surface area contributed by atoms with Gasteiger partial charge >= 0.3 is 0 Å². The smallest absolute Gasteiger partial charge is 0.264 e. The Kier molecular flexibility index (Phi) is 10.6. The minimum Gasteiger partial charge on any atom is -0.493 e. The van der Waals surface area contributed by atoms with Crippen molar-refractivity contribution in [2.75, 3.05) is 53.3 Å². The van der Waals surface area contributed by atoms with Crippen LogP contribution in [0.25, 0.3) is 0 Å². The normalized spacial score (nSPS) is 16.7. The number of carbonyl (C=O) groups is 3. The monoisotopic (exact) mass is 682 g/mol. The van der Waals surface area contributed by atoms with Crippen molar-refractivity contribution in [3.05, 3.63) is 71.8 Å². The first kappa shape index (κ1) is 34.3. The third-order valence-electron chi connectivity index (χ3n) is 7.94. The topological polar surface area (TPSA) is 171 Å². The lowest BCUT2D eigenvalue weighted by Gasteiger charge is -2.40. The number of nitrogens with one attached hydrogen (secondary N) is 3. The van der Waals surface area contributed by atoms with Crippen molar-refractivity contribution in [2.24, 2.45) is 0 Å². The molecule has 0 radical (unpaired) electrons. The van der Waals surface area contributed by atoms with Gasteiger partial charge in [0.05, 0.1) is 33.6 Å². The minimum absolute atomic E-state index is 0.140. The molecule has 1 spiro atoms. The number of rotatable bonds is 5. The molecule has 3 aromatic carbocycles. The van der Waals surface area contributed by atoms with Gasteiger partial charge in [0.2, 0.25) is 15.9 Å². The van der Waals surface area contributed by atoms with Crippen LogP contribution in [0.5, 0.6) is 34.5 Å². The highest BCUT2D eigenvalue weighted by Gasteiger charge is 2.44. The molecular weight excluding hydrogens is 644 g/mol. The second kappa shape index (κ2) is 14.8. The summed E-state index contributed by atoms with van der Waals surface area (Å²) in [7, 11) is -0.565. The fourth-order valence-electron chi connectivity index (χ4n) is 5.32. The molecule has 256 valence electrons. The number of piperidine rings is 1. The molecule has 7 aliphatic rings. The Morgan fingerprint density at radius 2 is 1.56 bits per heavy atom. The van der Waals surface area contributed by atoms with Crippen molar-refractivity contribution >= 4 is 27.7 Å². The van der Waals surface area contributed by atoms with Gasteiger partial charge < -0.3 is 39.2 Å². The lowest BCUT2D eigenvalue weighted by atomic mass is 9.89. The first-order chi connectivity index (χ1) is 23.0. The van der Waals surface area contributed by atoms with E-state index in [4.69, 9.17) is 23.7 Å². The Hall–Kier alpha value is -5.02. The summed E-state index contributed by atoms with van der Waals surface area (Å²) in [6.45, 7) is 0.554. The first-order valence-electron chi connectivity index (χ1n) is 15.2. The van der Waals surface area contributed by atoms with Crippen molar-refractivity contribution in [1.82, 2.24) is 20.3 Å². The summed E-state index contributed by atoms with van der Waals surface area (Å²) in [5.41, 5.74) is -0.216. The molecule has 10 rings (SSSR count). The summed E-state index contributed by atoms with van der Waals surface area (Å²) >= 11 is 0. The van der Waals surface area contributed by atoms with Crippen molar-refractivity contribution in [2.45, 2.75) is 25.0 Å². The second-order valence-electron chi connectivity index (χ2n) is 11.3. The lowest BCUT2D eigenvalue weighted by Crippen LogP contribution is -2.58. The molecule has 0 atom stereocenters. The molecule has 6 bridgehead atoms. The van der Waals surface area contributed by atoms with Gasteiger partial charge in [0.25, 0.3) is 11.8 Å². The van der Waals surface area contributed by atoms with Gasteiger partial charge in [0, 0.05) is 38.0 Å². The van der Waals surface area contributed by atoms with Crippen LogP contribution in [0, 0.1) is 0 Å². The summed E-state index contributed by atoms with van der Waals surface area (Å²) in [6, 6.07) is 16.8. The van der Waals surface area contributed by atoms with E-state index >= 15 is 0 Å². The first-order valence-corrected chi connectivity index (χ1v) is 17.1. The number of hydrogen-bond donors (Lipinski definition) is 3. The largest absolute Gasteiger partial charge is 0.493 e. The predicted molar refractivity (Wildman–Crippen MR) is 174 cm³/mol. The Labute approximate surface area is 278 Å². The molecule has 0 aliphatic carbocycles. The SMILES string of the molecule is COc1cc2ccc1Oc1ccc(cc1OC)C(=O)NCCOc1ccc(cc1)OC1(CCN(C(=O)CNS(C)(=O)=O)CC1)C(=O)NC2. The zero-order valence-electron chi connectivity index (χ0n) is 26.9. The third-order valence-corrected chi connectivity index (χ3v) is 8.61. The maximum absolute atomic E-state index is 13.9. The van der Waals surface area contributed by atoms with Crippen LogP contribution in [0.2, 0.25) is 0 Å². The zero-order valence-corrected chi connectivity index (χ0v) is 27.7. The summed E-state index contributed by atoms with van der Waals surface area (Å²) < 4.78 is 54.5. The maximum Gasteiger partial charge on any atom is 0.264 e. The summed E-state index contributed by atoms with van der Waals surface area (Å²) in [5.74, 6) is 1.39. The highest BCUT2D eigenvalue weighted by Crippen LogP contribution is 2.38. The number of sulfonamides is 1. The quantitative estimate of drug-likeness (QED) is 0.363. The molecule has 7 heterocycles. The van der Waals surface area contributed by atoms with E-state index in [0.717, 1.165) is 11.8 Å². The van der Waals surface area contributed by atoms with Gasteiger partial charge in [-0.3, -0.25) is 14.4 Å². The van der Waals surface area contributed by atoms with Gasteiger partial charge in [-0.05, 0) is 60.2 Å². The van der Waals surface area contributed by atoms with E-state index in [1.54, 1.807) is 60.7 Å². The number of likely N-dealkylation sites (tertiary alicyclic amines) is 1. The van der Waals surface area contributed by atoms with Crippen LogP contribution >= 0.6 is 0 Å². The van der Waals surface area contributed by atoms with Crippen LogP contribution in [0.4, 0.5) is 0 Å². The molecule has 7 aliphatic heterocycles.